The van der Waals surface area contributed by atoms with E-state index in [0.717, 1.165) is 5.01 Å². The third-order valence-corrected chi connectivity index (χ3v) is 5.71. The Morgan fingerprint density at radius 3 is 2.81 bits per heavy atom. The Balaban J connectivity index is 1.70. The second kappa shape index (κ2) is 5.87. The molecule has 0 aliphatic carbocycles. The summed E-state index contributed by atoms with van der Waals surface area (Å²) < 4.78 is 0. The zero-order valence-electron chi connectivity index (χ0n) is 14.3. The van der Waals surface area contributed by atoms with Gasteiger partial charge in [0, 0.05) is 18.8 Å². The summed E-state index contributed by atoms with van der Waals surface area (Å²) in [5.74, 6) is -0.866. The summed E-state index contributed by atoms with van der Waals surface area (Å²) in [6, 6.07) is 6.78. The molecule has 1 fully saturated rings. The maximum absolute atomic E-state index is 13.1. The lowest BCUT2D eigenvalue weighted by Gasteiger charge is -2.41. The van der Waals surface area contributed by atoms with Crippen LogP contribution in [-0.2, 0) is 9.59 Å². The minimum absolute atomic E-state index is 0.176. The molecule has 2 aliphatic rings. The number of anilines is 2. The Hall–Kier alpha value is -2.81. The normalized spacial score (nSPS) is 21.4. The molecule has 1 aromatic heterocycles. The summed E-state index contributed by atoms with van der Waals surface area (Å²) in [4.78, 5) is 39.5. The number of fused-ring (bicyclic) bond motifs is 3. The average molecular weight is 371 g/mol. The average Bonchev–Trinajstić information content (AvgIpc) is 3.21. The van der Waals surface area contributed by atoms with E-state index >= 15 is 0 Å². The molecule has 2 aliphatic heterocycles. The highest BCUT2D eigenvalue weighted by Gasteiger charge is 2.56. The summed E-state index contributed by atoms with van der Waals surface area (Å²) in [5.41, 5.74) is -0.607. The number of hydrogen-bond acceptors (Lipinski definition) is 6. The van der Waals surface area contributed by atoms with Crippen molar-refractivity contribution in [1.29, 1.82) is 0 Å². The molecule has 1 aromatic carbocycles. The Morgan fingerprint density at radius 1 is 1.31 bits per heavy atom. The van der Waals surface area contributed by atoms with Crippen LogP contribution in [0.15, 0.2) is 24.3 Å². The van der Waals surface area contributed by atoms with Crippen LogP contribution in [0.4, 0.5) is 10.8 Å². The van der Waals surface area contributed by atoms with E-state index in [1.54, 1.807) is 24.3 Å². The third-order valence-electron chi connectivity index (χ3n) is 4.57. The predicted octanol–water partition coefficient (Wildman–Crippen LogP) is 1.87. The molecule has 0 unspecified atom stereocenters. The molecule has 4 rings (SSSR count). The Labute approximate surface area is 153 Å². The zero-order chi connectivity index (χ0) is 18.5. The molecule has 9 heteroatoms. The van der Waals surface area contributed by atoms with Crippen LogP contribution in [-0.4, -0.2) is 33.6 Å². The van der Waals surface area contributed by atoms with Crippen molar-refractivity contribution in [3.05, 3.63) is 34.8 Å². The van der Waals surface area contributed by atoms with Crippen LogP contribution in [0.3, 0.4) is 0 Å². The monoisotopic (exact) mass is 371 g/mol. The smallest absolute Gasteiger partial charge is 0.273 e. The second-order valence-electron chi connectivity index (χ2n) is 6.61. The Morgan fingerprint density at radius 2 is 2.08 bits per heavy atom. The van der Waals surface area contributed by atoms with Gasteiger partial charge in [0.2, 0.25) is 16.7 Å². The van der Waals surface area contributed by atoms with E-state index in [-0.39, 0.29) is 30.6 Å². The van der Waals surface area contributed by atoms with Gasteiger partial charge < -0.3 is 5.32 Å². The summed E-state index contributed by atoms with van der Waals surface area (Å²) in [7, 11) is 0. The molecule has 134 valence electrons. The van der Waals surface area contributed by atoms with Crippen LogP contribution < -0.4 is 15.5 Å². The molecule has 2 N–H and O–H groups in total. The molecule has 8 nitrogen and oxygen atoms in total. The minimum atomic E-state index is -1.44. The van der Waals surface area contributed by atoms with E-state index < -0.39 is 11.6 Å². The van der Waals surface area contributed by atoms with Crippen molar-refractivity contribution in [2.75, 3.05) is 10.2 Å². The summed E-state index contributed by atoms with van der Waals surface area (Å²) >= 11 is 1.28. The maximum Gasteiger partial charge on any atom is 0.273 e. The number of benzene rings is 1. The van der Waals surface area contributed by atoms with E-state index in [1.165, 1.54) is 16.2 Å². The fraction of sp³-hybridized carbons (Fsp3) is 0.353. The van der Waals surface area contributed by atoms with Crippen LogP contribution in [0.2, 0.25) is 0 Å². The third kappa shape index (κ3) is 2.38. The number of carbonyl (C=O) groups is 3. The largest absolute Gasteiger partial charge is 0.321 e. The lowest BCUT2D eigenvalue weighted by molar-refractivity contribution is -0.124. The number of hydrogen-bond donors (Lipinski definition) is 2. The number of aromatic nitrogens is 2. The standard InChI is InChI=1S/C17H17N5O3S/c1-9(2)14-20-21-16(26-14)18-15(25)17-8-7-12(23)22(17)11-6-4-3-5-10(11)13(24)19-17/h3-6,9H,7-8H2,1-2H3,(H,19,24)(H,18,21,25)/t17-/m0/s1. The fourth-order valence-electron chi connectivity index (χ4n) is 3.29. The van der Waals surface area contributed by atoms with Gasteiger partial charge in [-0.3, -0.25) is 24.6 Å². The van der Waals surface area contributed by atoms with Crippen LogP contribution >= 0.6 is 11.3 Å². The quantitative estimate of drug-likeness (QED) is 0.857. The first-order chi connectivity index (χ1) is 12.4. The number of carbonyl (C=O) groups excluding carboxylic acids is 3. The lowest BCUT2D eigenvalue weighted by Crippen LogP contribution is -2.68. The molecular formula is C17H17N5O3S. The van der Waals surface area contributed by atoms with Gasteiger partial charge in [0.1, 0.15) is 5.01 Å². The van der Waals surface area contributed by atoms with E-state index in [9.17, 15) is 14.4 Å². The highest BCUT2D eigenvalue weighted by Crippen LogP contribution is 2.40. The van der Waals surface area contributed by atoms with Crippen molar-refractivity contribution in [1.82, 2.24) is 15.5 Å². The SMILES string of the molecule is CC(C)c1nnc(NC(=O)[C@]23CCC(=O)N2c2ccccc2C(=O)N3)s1. The van der Waals surface area contributed by atoms with Crippen molar-refractivity contribution < 1.29 is 14.4 Å². The van der Waals surface area contributed by atoms with Gasteiger partial charge in [-0.2, -0.15) is 0 Å². The van der Waals surface area contributed by atoms with Gasteiger partial charge in [-0.25, -0.2) is 0 Å². The van der Waals surface area contributed by atoms with Gasteiger partial charge in [0.05, 0.1) is 11.3 Å². The van der Waals surface area contributed by atoms with Gasteiger partial charge in [-0.15, -0.1) is 10.2 Å². The number of rotatable bonds is 3. The Bertz CT molecular complexity index is 925. The lowest BCUT2D eigenvalue weighted by atomic mass is 9.99. The van der Waals surface area contributed by atoms with E-state index in [1.807, 2.05) is 13.8 Å². The molecule has 3 heterocycles. The highest BCUT2D eigenvalue weighted by atomic mass is 32.1. The van der Waals surface area contributed by atoms with Gasteiger partial charge >= 0.3 is 0 Å². The molecule has 0 saturated carbocycles. The summed E-state index contributed by atoms with van der Waals surface area (Å²) in [6.07, 6.45) is 0.378. The van der Waals surface area contributed by atoms with E-state index in [2.05, 4.69) is 20.8 Å². The number of nitrogens with one attached hydrogen (secondary N) is 2. The predicted molar refractivity (Wildman–Crippen MR) is 96.0 cm³/mol. The molecule has 26 heavy (non-hydrogen) atoms. The van der Waals surface area contributed by atoms with E-state index in [0.29, 0.717) is 16.4 Å². The van der Waals surface area contributed by atoms with Gasteiger partial charge in [-0.1, -0.05) is 37.3 Å². The number of amides is 3. The van der Waals surface area contributed by atoms with Crippen molar-refractivity contribution >= 4 is 39.9 Å². The molecule has 0 bridgehead atoms. The molecule has 1 saturated heterocycles. The van der Waals surface area contributed by atoms with Crippen LogP contribution in [0.5, 0.6) is 0 Å². The topological polar surface area (TPSA) is 104 Å². The number of nitrogens with zero attached hydrogens (tertiary/aromatic N) is 3. The zero-order valence-corrected chi connectivity index (χ0v) is 15.1. The van der Waals surface area contributed by atoms with Gasteiger partial charge in [0.25, 0.3) is 11.8 Å². The fourth-order valence-corrected chi connectivity index (χ4v) is 4.03. The molecule has 2 aromatic rings. The molecule has 0 radical (unpaired) electrons. The van der Waals surface area contributed by atoms with Crippen molar-refractivity contribution in [2.45, 2.75) is 38.3 Å². The first kappa shape index (κ1) is 16.6. The second-order valence-corrected chi connectivity index (χ2v) is 7.62. The number of para-hydroxylation sites is 1. The first-order valence-electron chi connectivity index (χ1n) is 8.32. The van der Waals surface area contributed by atoms with Crippen LogP contribution in [0.25, 0.3) is 0 Å². The summed E-state index contributed by atoms with van der Waals surface area (Å²) in [5, 5.41) is 14.6. The van der Waals surface area contributed by atoms with Crippen molar-refractivity contribution in [2.24, 2.45) is 0 Å². The van der Waals surface area contributed by atoms with Crippen molar-refractivity contribution in [3.8, 4) is 0 Å². The van der Waals surface area contributed by atoms with Crippen molar-refractivity contribution in [3.63, 3.8) is 0 Å². The van der Waals surface area contributed by atoms with Crippen LogP contribution in [0.1, 0.15) is 48.0 Å². The molecule has 1 atom stereocenters. The minimum Gasteiger partial charge on any atom is -0.321 e. The van der Waals surface area contributed by atoms with Gasteiger partial charge in [-0.05, 0) is 12.1 Å². The molecular weight excluding hydrogens is 354 g/mol. The van der Waals surface area contributed by atoms with Gasteiger partial charge in [0.15, 0.2) is 0 Å². The first-order valence-corrected chi connectivity index (χ1v) is 9.13. The molecule has 0 spiro atoms. The molecule has 3 amide bonds. The summed E-state index contributed by atoms with van der Waals surface area (Å²) in [6.45, 7) is 3.97. The van der Waals surface area contributed by atoms with Crippen LogP contribution in [0, 0.1) is 0 Å². The maximum atomic E-state index is 13.1. The highest BCUT2D eigenvalue weighted by molar-refractivity contribution is 7.15. The van der Waals surface area contributed by atoms with E-state index in [4.69, 9.17) is 0 Å². The Kier molecular flexibility index (Phi) is 3.76.